The van der Waals surface area contributed by atoms with Gasteiger partial charge in [-0.25, -0.2) is 18.2 Å². The maximum Gasteiger partial charge on any atom is 0.427 e. The average Bonchev–Trinajstić information content (AvgIpc) is 4.06. The lowest BCUT2D eigenvalue weighted by Gasteiger charge is -2.34. The second-order valence-electron chi connectivity index (χ2n) is 16.2. The van der Waals surface area contributed by atoms with Crippen molar-refractivity contribution in [3.8, 4) is 11.6 Å². The van der Waals surface area contributed by atoms with Gasteiger partial charge in [0, 0.05) is 23.1 Å². The molecule has 0 spiro atoms. The number of sulfonamides is 1. The first kappa shape index (κ1) is 42.0. The fourth-order valence-corrected chi connectivity index (χ4v) is 8.97. The van der Waals surface area contributed by atoms with E-state index in [-0.39, 0.29) is 31.2 Å². The number of ether oxygens (including phenoxy) is 3. The minimum Gasteiger partial charge on any atom is -0.492 e. The molecule has 3 fully saturated rings. The first-order valence-corrected chi connectivity index (χ1v) is 20.9. The third kappa shape index (κ3) is 9.10. The molecule has 0 radical (unpaired) electrons. The minimum atomic E-state index is -4.91. The molecule has 1 aromatic heterocycles. The Kier molecular flexibility index (Phi) is 11.8. The van der Waals surface area contributed by atoms with Crippen LogP contribution in [0, 0.1) is 17.8 Å². The van der Waals surface area contributed by atoms with Gasteiger partial charge in [-0.1, -0.05) is 44.2 Å². The molecule has 57 heavy (non-hydrogen) atoms. The summed E-state index contributed by atoms with van der Waals surface area (Å²) in [5.41, 5.74) is -4.51. The van der Waals surface area contributed by atoms with Gasteiger partial charge in [-0.2, -0.15) is 13.2 Å². The van der Waals surface area contributed by atoms with Gasteiger partial charge >= 0.3 is 12.3 Å². The van der Waals surface area contributed by atoms with Crippen LogP contribution in [-0.4, -0.2) is 96.0 Å². The SMILES string of the molecule is CCOc1cnc(OC2CC3C(=O)NC4(C(=O)NS(=O)(=O)C5CC5)CC4C=CCCC(C)CC(C)C(NC(=O)OC(C)(C)C(F)(F)F)C(=O)N3C2)c2ccccc12. The number of carbonyl (C=O) groups excluding carboxylic acids is 4. The molecule has 18 heteroatoms. The van der Waals surface area contributed by atoms with Crippen LogP contribution in [0.25, 0.3) is 10.8 Å². The van der Waals surface area contributed by atoms with Gasteiger partial charge in [0.15, 0.2) is 0 Å². The van der Waals surface area contributed by atoms with Gasteiger partial charge in [0.05, 0.1) is 24.6 Å². The molecule has 2 aliphatic carbocycles. The molecule has 3 heterocycles. The number of pyridine rings is 1. The number of rotatable bonds is 9. The van der Waals surface area contributed by atoms with Gasteiger partial charge in [0.1, 0.15) is 29.5 Å². The van der Waals surface area contributed by atoms with Crippen LogP contribution in [0.2, 0.25) is 0 Å². The standard InChI is InChI=1S/C39H50F3N5O9S/c1-6-54-30-20-43-33(28-14-10-9-13-27(28)30)55-25-18-29-32(48)45-38(35(50)46-57(52,53)26-15-16-26)19-24(38)12-8-7-11-22(2)17-23(3)31(34(49)47(29)21-25)44-36(51)56-37(4,5)39(40,41)42/h8-10,12-14,20,22-26,29,31H,6-7,11,15-19,21H2,1-5H3,(H,44,51)(H,45,48)(H,46,50). The molecule has 1 aromatic carbocycles. The molecule has 2 saturated carbocycles. The Morgan fingerprint density at radius 1 is 1.07 bits per heavy atom. The van der Waals surface area contributed by atoms with Gasteiger partial charge in [-0.15, -0.1) is 0 Å². The van der Waals surface area contributed by atoms with Crippen molar-refractivity contribution in [2.24, 2.45) is 17.8 Å². The predicted molar refractivity (Wildman–Crippen MR) is 201 cm³/mol. The van der Waals surface area contributed by atoms with Gasteiger partial charge in [-0.3, -0.25) is 19.1 Å². The van der Waals surface area contributed by atoms with Crippen molar-refractivity contribution in [3.05, 3.63) is 42.6 Å². The molecule has 6 rings (SSSR count). The fourth-order valence-electron chi connectivity index (χ4n) is 7.61. The Morgan fingerprint density at radius 2 is 1.77 bits per heavy atom. The van der Waals surface area contributed by atoms with E-state index in [4.69, 9.17) is 14.2 Å². The van der Waals surface area contributed by atoms with Crippen LogP contribution in [0.4, 0.5) is 18.0 Å². The van der Waals surface area contributed by atoms with Crippen LogP contribution in [0.1, 0.15) is 79.6 Å². The Bertz CT molecular complexity index is 2020. The van der Waals surface area contributed by atoms with E-state index in [9.17, 15) is 40.8 Å². The summed E-state index contributed by atoms with van der Waals surface area (Å²) in [6, 6.07) is 4.47. The molecule has 7 atom stereocenters. The summed E-state index contributed by atoms with van der Waals surface area (Å²) in [4.78, 5) is 61.7. The van der Waals surface area contributed by atoms with E-state index in [1.807, 2.05) is 32.1 Å². The van der Waals surface area contributed by atoms with Crippen molar-refractivity contribution in [2.45, 2.75) is 120 Å². The summed E-state index contributed by atoms with van der Waals surface area (Å²) in [5.74, 6) is -2.92. The Labute approximate surface area is 329 Å². The topological polar surface area (TPSA) is 182 Å². The highest BCUT2D eigenvalue weighted by Gasteiger charge is 2.62. The van der Waals surface area contributed by atoms with Crippen LogP contribution in [0.5, 0.6) is 11.6 Å². The number of aromatic nitrogens is 1. The van der Waals surface area contributed by atoms with E-state index in [0.717, 1.165) is 0 Å². The summed E-state index contributed by atoms with van der Waals surface area (Å²) < 4.78 is 86.0. The molecule has 4 amide bonds. The zero-order valence-electron chi connectivity index (χ0n) is 32.6. The van der Waals surface area contributed by atoms with Gasteiger partial charge in [0.2, 0.25) is 33.3 Å². The lowest BCUT2D eigenvalue weighted by atomic mass is 9.88. The van der Waals surface area contributed by atoms with Gasteiger partial charge in [0.25, 0.3) is 5.91 Å². The van der Waals surface area contributed by atoms with E-state index in [1.165, 1.54) is 11.1 Å². The Balaban J connectivity index is 1.35. The first-order chi connectivity index (χ1) is 26.8. The lowest BCUT2D eigenvalue weighted by molar-refractivity contribution is -0.244. The van der Waals surface area contributed by atoms with E-state index in [2.05, 4.69) is 20.3 Å². The molecule has 3 N–H and O–H groups in total. The predicted octanol–water partition coefficient (Wildman–Crippen LogP) is 4.91. The fraction of sp³-hybridized carbons (Fsp3) is 0.615. The number of hydrogen-bond acceptors (Lipinski definition) is 10. The number of amides is 4. The molecular formula is C39H50F3N5O9S. The molecule has 0 bridgehead atoms. The second-order valence-corrected chi connectivity index (χ2v) is 18.1. The Morgan fingerprint density at radius 3 is 2.44 bits per heavy atom. The zero-order chi connectivity index (χ0) is 41.5. The number of allylic oxidation sites excluding steroid dienone is 1. The third-order valence-electron chi connectivity index (χ3n) is 11.2. The van der Waals surface area contributed by atoms with Crippen LogP contribution in [0.15, 0.2) is 42.6 Å². The minimum absolute atomic E-state index is 0.0327. The number of hydrogen-bond donors (Lipinski definition) is 3. The van der Waals surface area contributed by atoms with E-state index in [0.29, 0.717) is 69.1 Å². The van der Waals surface area contributed by atoms with Crippen molar-refractivity contribution in [1.82, 2.24) is 25.2 Å². The van der Waals surface area contributed by atoms with Gasteiger partial charge in [-0.05, 0) is 77.2 Å². The highest BCUT2D eigenvalue weighted by Crippen LogP contribution is 2.46. The maximum absolute atomic E-state index is 14.7. The van der Waals surface area contributed by atoms with Crippen LogP contribution < -0.4 is 24.8 Å². The van der Waals surface area contributed by atoms with Crippen LogP contribution in [0.3, 0.4) is 0 Å². The monoisotopic (exact) mass is 821 g/mol. The number of benzene rings is 1. The number of fused-ring (bicyclic) bond motifs is 3. The number of alkyl halides is 3. The molecule has 2 aliphatic heterocycles. The molecule has 2 aromatic rings. The maximum atomic E-state index is 14.7. The number of halogens is 3. The molecule has 14 nitrogen and oxygen atoms in total. The number of nitrogens with one attached hydrogen (secondary N) is 3. The second kappa shape index (κ2) is 16.0. The van der Waals surface area contributed by atoms with E-state index in [1.54, 1.807) is 25.1 Å². The normalized spacial score (nSPS) is 28.6. The zero-order valence-corrected chi connectivity index (χ0v) is 33.4. The van der Waals surface area contributed by atoms with Crippen molar-refractivity contribution in [1.29, 1.82) is 0 Å². The molecule has 1 saturated heterocycles. The summed E-state index contributed by atoms with van der Waals surface area (Å²) in [6.07, 6.45) is 0.274. The summed E-state index contributed by atoms with van der Waals surface area (Å²) in [6.45, 7) is 7.03. The number of alkyl carbamates (subject to hydrolysis) is 1. The molecule has 312 valence electrons. The van der Waals surface area contributed by atoms with Crippen molar-refractivity contribution in [2.75, 3.05) is 13.2 Å². The highest BCUT2D eigenvalue weighted by atomic mass is 32.2. The number of nitrogens with zero attached hydrogens (tertiary/aromatic N) is 2. The van der Waals surface area contributed by atoms with Crippen molar-refractivity contribution >= 4 is 44.6 Å². The van der Waals surface area contributed by atoms with Crippen molar-refractivity contribution < 1.29 is 55.0 Å². The molecular weight excluding hydrogens is 772 g/mol. The average molecular weight is 822 g/mol. The highest BCUT2D eigenvalue weighted by molar-refractivity contribution is 7.91. The Hall–Kier alpha value is -4.61. The third-order valence-corrected chi connectivity index (χ3v) is 13.0. The van der Waals surface area contributed by atoms with Gasteiger partial charge < -0.3 is 29.7 Å². The van der Waals surface area contributed by atoms with Crippen LogP contribution >= 0.6 is 0 Å². The largest absolute Gasteiger partial charge is 0.492 e. The lowest BCUT2D eigenvalue weighted by Crippen LogP contribution is -2.59. The molecule has 7 unspecified atom stereocenters. The van der Waals surface area contributed by atoms with Crippen molar-refractivity contribution in [3.63, 3.8) is 0 Å². The molecule has 4 aliphatic rings. The smallest absolute Gasteiger partial charge is 0.427 e. The first-order valence-electron chi connectivity index (χ1n) is 19.3. The van der Waals surface area contributed by atoms with E-state index < -0.39 is 86.4 Å². The quantitative estimate of drug-likeness (QED) is 0.294. The summed E-state index contributed by atoms with van der Waals surface area (Å²) in [7, 11) is -3.98. The van der Waals surface area contributed by atoms with Crippen LogP contribution in [-0.2, 0) is 29.1 Å². The number of carbonyl (C=O) groups is 4. The summed E-state index contributed by atoms with van der Waals surface area (Å²) >= 11 is 0. The summed E-state index contributed by atoms with van der Waals surface area (Å²) in [5, 5.41) is 5.78. The van der Waals surface area contributed by atoms with E-state index >= 15 is 0 Å².